The van der Waals surface area contributed by atoms with Gasteiger partial charge >= 0.3 is 0 Å². The van der Waals surface area contributed by atoms with Gasteiger partial charge in [0.25, 0.3) is 0 Å². The van der Waals surface area contributed by atoms with Crippen LogP contribution in [0, 0.1) is 6.92 Å². The van der Waals surface area contributed by atoms with Crippen LogP contribution in [-0.2, 0) is 14.8 Å². The van der Waals surface area contributed by atoms with Gasteiger partial charge in [-0.1, -0.05) is 20.3 Å². The van der Waals surface area contributed by atoms with Crippen molar-refractivity contribution in [1.29, 1.82) is 0 Å². The standard InChI is InChI=1S/C17H28N2O4S/c1-6-8-14(4)18-17(20)12-19(7-2)24(21,22)15-9-10-16(23-5)13(3)11-15/h9-11,14H,6-8,12H2,1-5H3,(H,18,20)/t14-/m0/s1. The summed E-state index contributed by atoms with van der Waals surface area (Å²) in [7, 11) is -2.19. The average Bonchev–Trinajstić information content (AvgIpc) is 2.52. The zero-order valence-electron chi connectivity index (χ0n) is 15.1. The molecule has 6 nitrogen and oxygen atoms in total. The molecule has 0 bridgehead atoms. The normalized spacial score (nSPS) is 12.9. The SMILES string of the molecule is CCC[C@H](C)NC(=O)CN(CC)S(=O)(=O)c1ccc(OC)c(C)c1. The zero-order valence-corrected chi connectivity index (χ0v) is 15.9. The second-order valence-electron chi connectivity index (χ2n) is 5.82. The Morgan fingerprint density at radius 2 is 2.00 bits per heavy atom. The monoisotopic (exact) mass is 356 g/mol. The van der Waals surface area contributed by atoms with Crippen molar-refractivity contribution in [2.24, 2.45) is 0 Å². The summed E-state index contributed by atoms with van der Waals surface area (Å²) in [4.78, 5) is 12.3. The Morgan fingerprint density at radius 1 is 1.33 bits per heavy atom. The topological polar surface area (TPSA) is 75.7 Å². The third-order valence-corrected chi connectivity index (χ3v) is 5.72. The smallest absolute Gasteiger partial charge is 0.243 e. The Balaban J connectivity index is 2.93. The van der Waals surface area contributed by atoms with Gasteiger partial charge in [0.15, 0.2) is 0 Å². The molecule has 0 saturated carbocycles. The molecule has 0 aromatic heterocycles. The van der Waals surface area contributed by atoms with E-state index in [2.05, 4.69) is 5.32 Å². The van der Waals surface area contributed by atoms with Crippen LogP contribution < -0.4 is 10.1 Å². The summed E-state index contributed by atoms with van der Waals surface area (Å²) in [5.74, 6) is 0.342. The highest BCUT2D eigenvalue weighted by Crippen LogP contribution is 2.23. The lowest BCUT2D eigenvalue weighted by atomic mass is 10.2. The van der Waals surface area contributed by atoms with Crippen molar-refractivity contribution in [3.63, 3.8) is 0 Å². The highest BCUT2D eigenvalue weighted by atomic mass is 32.2. The molecule has 0 spiro atoms. The number of rotatable bonds is 9. The van der Waals surface area contributed by atoms with Gasteiger partial charge in [0.2, 0.25) is 15.9 Å². The fourth-order valence-corrected chi connectivity index (χ4v) is 4.00. The van der Waals surface area contributed by atoms with E-state index in [0.717, 1.165) is 18.4 Å². The molecule has 7 heteroatoms. The molecule has 0 fully saturated rings. The molecule has 1 aromatic rings. The minimum atomic E-state index is -3.72. The molecule has 1 atom stereocenters. The molecule has 136 valence electrons. The van der Waals surface area contributed by atoms with Crippen LogP contribution >= 0.6 is 0 Å². The fraction of sp³-hybridized carbons (Fsp3) is 0.588. The third-order valence-electron chi connectivity index (χ3n) is 3.81. The summed E-state index contributed by atoms with van der Waals surface area (Å²) in [6.07, 6.45) is 1.82. The van der Waals surface area contributed by atoms with Gasteiger partial charge in [0.1, 0.15) is 5.75 Å². The molecule has 1 N–H and O–H groups in total. The summed E-state index contributed by atoms with van der Waals surface area (Å²) < 4.78 is 31.9. The number of carbonyl (C=O) groups excluding carboxylic acids is 1. The van der Waals surface area contributed by atoms with Crippen LogP contribution in [-0.4, -0.2) is 44.9 Å². The van der Waals surface area contributed by atoms with Crippen molar-refractivity contribution in [2.75, 3.05) is 20.2 Å². The van der Waals surface area contributed by atoms with Gasteiger partial charge in [0.05, 0.1) is 18.6 Å². The van der Waals surface area contributed by atoms with Crippen molar-refractivity contribution < 1.29 is 17.9 Å². The average molecular weight is 356 g/mol. The molecule has 0 aliphatic heterocycles. The maximum Gasteiger partial charge on any atom is 0.243 e. The minimum Gasteiger partial charge on any atom is -0.496 e. The van der Waals surface area contributed by atoms with E-state index in [1.807, 2.05) is 13.8 Å². The van der Waals surface area contributed by atoms with Crippen molar-refractivity contribution in [3.8, 4) is 5.75 Å². The lowest BCUT2D eigenvalue weighted by Crippen LogP contribution is -2.43. The van der Waals surface area contributed by atoms with Gasteiger partial charge in [-0.25, -0.2) is 8.42 Å². The molecule has 1 rings (SSSR count). The Bertz CT molecular complexity index is 659. The Labute approximate surface area is 145 Å². The predicted molar refractivity (Wildman–Crippen MR) is 94.7 cm³/mol. The fourth-order valence-electron chi connectivity index (χ4n) is 2.51. The summed E-state index contributed by atoms with van der Waals surface area (Å²) >= 11 is 0. The van der Waals surface area contributed by atoms with E-state index < -0.39 is 10.0 Å². The van der Waals surface area contributed by atoms with Gasteiger partial charge in [-0.3, -0.25) is 4.79 Å². The molecular formula is C17H28N2O4S. The Kier molecular flexibility index (Phi) is 7.69. The molecule has 0 unspecified atom stereocenters. The van der Waals surface area contributed by atoms with E-state index in [-0.39, 0.29) is 29.9 Å². The van der Waals surface area contributed by atoms with Crippen molar-refractivity contribution >= 4 is 15.9 Å². The van der Waals surface area contributed by atoms with Crippen molar-refractivity contribution in [3.05, 3.63) is 23.8 Å². The quantitative estimate of drug-likeness (QED) is 0.737. The first kappa shape index (κ1) is 20.4. The summed E-state index contributed by atoms with van der Waals surface area (Å²) in [5, 5.41) is 2.83. The van der Waals surface area contributed by atoms with E-state index in [9.17, 15) is 13.2 Å². The predicted octanol–water partition coefficient (Wildman–Crippen LogP) is 2.32. The van der Waals surface area contributed by atoms with Gasteiger partial charge < -0.3 is 10.1 Å². The van der Waals surface area contributed by atoms with Gasteiger partial charge in [0, 0.05) is 12.6 Å². The number of nitrogens with one attached hydrogen (secondary N) is 1. The Hall–Kier alpha value is -1.60. The number of nitrogens with zero attached hydrogens (tertiary/aromatic N) is 1. The molecule has 0 aliphatic rings. The van der Waals surface area contributed by atoms with Crippen LogP contribution in [0.4, 0.5) is 0 Å². The molecule has 1 amide bonds. The van der Waals surface area contributed by atoms with Crippen LogP contribution in [0.25, 0.3) is 0 Å². The molecule has 0 saturated heterocycles. The number of ether oxygens (including phenoxy) is 1. The third kappa shape index (κ3) is 5.21. The summed E-state index contributed by atoms with van der Waals surface area (Å²) in [5.41, 5.74) is 0.732. The number of likely N-dealkylation sites (N-methyl/N-ethyl adjacent to an activating group) is 1. The van der Waals surface area contributed by atoms with Gasteiger partial charge in [-0.2, -0.15) is 4.31 Å². The number of hydrogen-bond donors (Lipinski definition) is 1. The first-order valence-corrected chi connectivity index (χ1v) is 9.64. The molecule has 0 heterocycles. The lowest BCUT2D eigenvalue weighted by Gasteiger charge is -2.22. The minimum absolute atomic E-state index is 0.0344. The number of carbonyl (C=O) groups is 1. The van der Waals surface area contributed by atoms with Crippen LogP contribution in [0.2, 0.25) is 0 Å². The number of aryl methyl sites for hydroxylation is 1. The molecule has 1 aromatic carbocycles. The number of hydrogen-bond acceptors (Lipinski definition) is 4. The Morgan fingerprint density at radius 3 is 2.50 bits per heavy atom. The van der Waals surface area contributed by atoms with E-state index in [0.29, 0.717) is 5.75 Å². The van der Waals surface area contributed by atoms with Crippen LogP contribution in [0.1, 0.15) is 39.2 Å². The second kappa shape index (κ2) is 9.03. The van der Waals surface area contributed by atoms with Gasteiger partial charge in [-0.15, -0.1) is 0 Å². The number of sulfonamides is 1. The molecule has 0 radical (unpaired) electrons. The number of benzene rings is 1. The van der Waals surface area contributed by atoms with Crippen molar-refractivity contribution in [2.45, 2.75) is 51.5 Å². The second-order valence-corrected chi connectivity index (χ2v) is 7.76. The highest BCUT2D eigenvalue weighted by molar-refractivity contribution is 7.89. The van der Waals surface area contributed by atoms with Crippen LogP contribution in [0.3, 0.4) is 0 Å². The zero-order chi connectivity index (χ0) is 18.3. The van der Waals surface area contributed by atoms with Crippen LogP contribution in [0.5, 0.6) is 5.75 Å². The first-order chi connectivity index (χ1) is 11.3. The summed E-state index contributed by atoms with van der Waals surface area (Å²) in [6, 6.07) is 4.72. The number of amides is 1. The van der Waals surface area contributed by atoms with E-state index in [1.165, 1.54) is 17.5 Å². The van der Waals surface area contributed by atoms with Gasteiger partial charge in [-0.05, 0) is 44.0 Å². The van der Waals surface area contributed by atoms with E-state index >= 15 is 0 Å². The van der Waals surface area contributed by atoms with E-state index in [4.69, 9.17) is 4.74 Å². The molecule has 0 aliphatic carbocycles. The highest BCUT2D eigenvalue weighted by Gasteiger charge is 2.26. The number of methoxy groups -OCH3 is 1. The maximum atomic E-state index is 12.8. The van der Waals surface area contributed by atoms with E-state index in [1.54, 1.807) is 26.0 Å². The van der Waals surface area contributed by atoms with Crippen molar-refractivity contribution in [1.82, 2.24) is 9.62 Å². The maximum absolute atomic E-state index is 12.8. The lowest BCUT2D eigenvalue weighted by molar-refractivity contribution is -0.121. The largest absolute Gasteiger partial charge is 0.496 e. The summed E-state index contributed by atoms with van der Waals surface area (Å²) in [6.45, 7) is 7.50. The molecular weight excluding hydrogens is 328 g/mol. The first-order valence-electron chi connectivity index (χ1n) is 8.20. The van der Waals surface area contributed by atoms with Crippen LogP contribution in [0.15, 0.2) is 23.1 Å². The molecule has 24 heavy (non-hydrogen) atoms.